The number of nitrogens with one attached hydrogen (secondary N) is 1. The molecule has 0 amide bonds. The normalized spacial score (nSPS) is 25.0. The number of hydrogen-bond acceptors (Lipinski definition) is 4. The Morgan fingerprint density at radius 3 is 2.76 bits per heavy atom. The number of halogens is 1. The van der Waals surface area contributed by atoms with Gasteiger partial charge in [0.2, 0.25) is 0 Å². The van der Waals surface area contributed by atoms with Crippen molar-refractivity contribution in [2.75, 3.05) is 33.4 Å². The molecule has 2 rings (SSSR count). The van der Waals surface area contributed by atoms with E-state index in [0.29, 0.717) is 18.7 Å². The number of nitrogens with zero attached hydrogens (tertiary/aromatic N) is 1. The van der Waals surface area contributed by atoms with Crippen molar-refractivity contribution in [3.05, 3.63) is 34.3 Å². The Labute approximate surface area is 135 Å². The average molecular weight is 357 g/mol. The van der Waals surface area contributed by atoms with Gasteiger partial charge in [-0.15, -0.1) is 0 Å². The molecule has 3 unspecified atom stereocenters. The molecule has 1 aliphatic heterocycles. The van der Waals surface area contributed by atoms with Crippen molar-refractivity contribution in [2.45, 2.75) is 31.5 Å². The summed E-state index contributed by atoms with van der Waals surface area (Å²) >= 11 is 3.47. The van der Waals surface area contributed by atoms with Gasteiger partial charge >= 0.3 is 0 Å². The van der Waals surface area contributed by atoms with Gasteiger partial charge in [-0.2, -0.15) is 0 Å². The summed E-state index contributed by atoms with van der Waals surface area (Å²) < 4.78 is 6.69. The number of aliphatic hydroxyl groups is 1. The van der Waals surface area contributed by atoms with Crippen LogP contribution < -0.4 is 5.32 Å². The summed E-state index contributed by atoms with van der Waals surface area (Å²) in [7, 11) is 2.01. The minimum Gasteiger partial charge on any atom is -0.394 e. The monoisotopic (exact) mass is 356 g/mol. The molecule has 118 valence electrons. The number of hydrogen-bond donors (Lipinski definition) is 2. The maximum atomic E-state index is 9.25. The van der Waals surface area contributed by atoms with Crippen molar-refractivity contribution in [2.24, 2.45) is 0 Å². The topological polar surface area (TPSA) is 44.7 Å². The first-order chi connectivity index (χ1) is 10.1. The summed E-state index contributed by atoms with van der Waals surface area (Å²) in [6, 6.07) is 9.24. The second-order valence-electron chi connectivity index (χ2n) is 5.66. The highest BCUT2D eigenvalue weighted by Gasteiger charge is 2.25. The predicted molar refractivity (Wildman–Crippen MR) is 88.4 cm³/mol. The molecule has 1 heterocycles. The molecule has 21 heavy (non-hydrogen) atoms. The molecule has 0 saturated carbocycles. The van der Waals surface area contributed by atoms with E-state index in [9.17, 15) is 5.11 Å². The van der Waals surface area contributed by atoms with E-state index < -0.39 is 0 Å². The van der Waals surface area contributed by atoms with Crippen molar-refractivity contribution in [3.8, 4) is 0 Å². The standard InChI is InChI=1S/C16H25BrN2O2/c1-12-11-21-15(10-20)9-19(12)8-7-16(18-2)13-3-5-14(17)6-4-13/h3-6,12,15-16,18,20H,7-11H2,1-2H3. The van der Waals surface area contributed by atoms with Crippen molar-refractivity contribution in [3.63, 3.8) is 0 Å². The molecule has 1 aromatic rings. The van der Waals surface area contributed by atoms with E-state index in [1.165, 1.54) is 5.56 Å². The van der Waals surface area contributed by atoms with Crippen molar-refractivity contribution in [1.82, 2.24) is 10.2 Å². The van der Waals surface area contributed by atoms with Crippen LogP contribution >= 0.6 is 15.9 Å². The van der Waals surface area contributed by atoms with Crippen LogP contribution in [0.5, 0.6) is 0 Å². The Kier molecular flexibility index (Phi) is 6.64. The van der Waals surface area contributed by atoms with Gasteiger partial charge in [0.05, 0.1) is 19.3 Å². The van der Waals surface area contributed by atoms with Crippen molar-refractivity contribution in [1.29, 1.82) is 0 Å². The molecule has 1 aromatic carbocycles. The lowest BCUT2D eigenvalue weighted by molar-refractivity contribution is -0.0783. The fourth-order valence-electron chi connectivity index (χ4n) is 2.76. The lowest BCUT2D eigenvalue weighted by Crippen LogP contribution is -2.50. The third kappa shape index (κ3) is 4.76. The third-order valence-corrected chi connectivity index (χ3v) is 4.69. The van der Waals surface area contributed by atoms with Gasteiger partial charge in [0.15, 0.2) is 0 Å². The highest BCUT2D eigenvalue weighted by Crippen LogP contribution is 2.21. The van der Waals surface area contributed by atoms with Gasteiger partial charge in [0.1, 0.15) is 0 Å². The van der Waals surface area contributed by atoms with Gasteiger partial charge in [0.25, 0.3) is 0 Å². The quantitative estimate of drug-likeness (QED) is 0.819. The highest BCUT2D eigenvalue weighted by molar-refractivity contribution is 9.10. The van der Waals surface area contributed by atoms with Crippen LogP contribution in [-0.4, -0.2) is 55.5 Å². The van der Waals surface area contributed by atoms with Gasteiger partial charge < -0.3 is 15.2 Å². The van der Waals surface area contributed by atoms with E-state index in [-0.39, 0.29) is 12.7 Å². The molecule has 0 aromatic heterocycles. The molecule has 3 atom stereocenters. The van der Waals surface area contributed by atoms with E-state index in [1.54, 1.807) is 0 Å². The maximum absolute atomic E-state index is 9.25. The van der Waals surface area contributed by atoms with Gasteiger partial charge in [-0.05, 0) is 38.1 Å². The molecule has 0 aliphatic carbocycles. The molecule has 2 N–H and O–H groups in total. The second-order valence-corrected chi connectivity index (χ2v) is 6.58. The first-order valence-corrected chi connectivity index (χ1v) is 8.32. The summed E-state index contributed by atoms with van der Waals surface area (Å²) in [5.74, 6) is 0. The van der Waals surface area contributed by atoms with Crippen LogP contribution in [0.15, 0.2) is 28.7 Å². The van der Waals surface area contributed by atoms with Crippen LogP contribution in [0.1, 0.15) is 24.9 Å². The zero-order chi connectivity index (χ0) is 15.2. The minimum atomic E-state index is -0.0399. The van der Waals surface area contributed by atoms with E-state index in [0.717, 1.165) is 24.0 Å². The zero-order valence-corrected chi connectivity index (χ0v) is 14.3. The molecular formula is C16H25BrN2O2. The lowest BCUT2D eigenvalue weighted by atomic mass is 10.0. The molecule has 0 radical (unpaired) electrons. The third-order valence-electron chi connectivity index (χ3n) is 4.16. The smallest absolute Gasteiger partial charge is 0.0933 e. The largest absolute Gasteiger partial charge is 0.394 e. The van der Waals surface area contributed by atoms with Gasteiger partial charge in [-0.25, -0.2) is 0 Å². The first-order valence-electron chi connectivity index (χ1n) is 7.53. The van der Waals surface area contributed by atoms with Crippen LogP contribution in [-0.2, 0) is 4.74 Å². The van der Waals surface area contributed by atoms with Crippen LogP contribution in [0.25, 0.3) is 0 Å². The summed E-state index contributed by atoms with van der Waals surface area (Å²) in [5, 5.41) is 12.6. The summed E-state index contributed by atoms with van der Waals surface area (Å²) in [5.41, 5.74) is 1.31. The van der Waals surface area contributed by atoms with E-state index in [1.807, 2.05) is 7.05 Å². The molecule has 4 nitrogen and oxygen atoms in total. The molecule has 0 bridgehead atoms. The second kappa shape index (κ2) is 8.25. The van der Waals surface area contributed by atoms with Crippen molar-refractivity contribution >= 4 is 15.9 Å². The fourth-order valence-corrected chi connectivity index (χ4v) is 3.03. The van der Waals surface area contributed by atoms with Crippen LogP contribution in [0, 0.1) is 0 Å². The number of morpholine rings is 1. The number of rotatable bonds is 6. The zero-order valence-electron chi connectivity index (χ0n) is 12.8. The number of ether oxygens (including phenoxy) is 1. The molecule has 5 heteroatoms. The molecule has 0 spiro atoms. The summed E-state index contributed by atoms with van der Waals surface area (Å²) in [4.78, 5) is 2.41. The van der Waals surface area contributed by atoms with Crippen molar-refractivity contribution < 1.29 is 9.84 Å². The van der Waals surface area contributed by atoms with E-state index in [2.05, 4.69) is 57.3 Å². The molecule has 1 aliphatic rings. The van der Waals surface area contributed by atoms with E-state index in [4.69, 9.17) is 4.74 Å². The number of benzene rings is 1. The Balaban J connectivity index is 1.91. The lowest BCUT2D eigenvalue weighted by Gasteiger charge is -2.38. The fraction of sp³-hybridized carbons (Fsp3) is 0.625. The minimum absolute atomic E-state index is 0.0399. The highest BCUT2D eigenvalue weighted by atomic mass is 79.9. The molecule has 1 saturated heterocycles. The Morgan fingerprint density at radius 1 is 1.43 bits per heavy atom. The van der Waals surface area contributed by atoms with E-state index >= 15 is 0 Å². The summed E-state index contributed by atoms with van der Waals surface area (Å²) in [6.45, 7) is 4.80. The number of aliphatic hydroxyl groups excluding tert-OH is 1. The van der Waals surface area contributed by atoms with Gasteiger partial charge in [-0.1, -0.05) is 28.1 Å². The summed E-state index contributed by atoms with van der Waals surface area (Å²) in [6.07, 6.45) is 1.00. The van der Waals surface area contributed by atoms with Crippen LogP contribution in [0.3, 0.4) is 0 Å². The Hall–Kier alpha value is -0.460. The predicted octanol–water partition coefficient (Wildman–Crippen LogP) is 2.18. The Morgan fingerprint density at radius 2 is 2.14 bits per heavy atom. The Bertz CT molecular complexity index is 427. The van der Waals surface area contributed by atoms with Gasteiger partial charge in [-0.3, -0.25) is 4.90 Å². The average Bonchev–Trinajstić information content (AvgIpc) is 2.51. The van der Waals surface area contributed by atoms with Crippen LogP contribution in [0.4, 0.5) is 0 Å². The SMILES string of the molecule is CNC(CCN1CC(CO)OCC1C)c1ccc(Br)cc1. The van der Waals surface area contributed by atoms with Crippen LogP contribution in [0.2, 0.25) is 0 Å². The molecule has 1 fully saturated rings. The van der Waals surface area contributed by atoms with Gasteiger partial charge in [0, 0.05) is 29.6 Å². The maximum Gasteiger partial charge on any atom is 0.0933 e. The molecular weight excluding hydrogens is 332 g/mol. The first kappa shape index (κ1) is 16.9.